The Morgan fingerprint density at radius 1 is 1.65 bits per heavy atom. The second-order valence-corrected chi connectivity index (χ2v) is 4.24. The first-order valence-electron chi connectivity index (χ1n) is 4.62. The topological polar surface area (TPSA) is 78.9 Å². The number of hydrogen-bond acceptors (Lipinski definition) is 3. The summed E-state index contributed by atoms with van der Waals surface area (Å²) in [5.74, 6) is -1.03. The summed E-state index contributed by atoms with van der Waals surface area (Å²) < 4.78 is 13.5. The Morgan fingerprint density at radius 2 is 2.29 bits per heavy atom. The van der Waals surface area contributed by atoms with Gasteiger partial charge in [-0.15, -0.1) is 0 Å². The van der Waals surface area contributed by atoms with E-state index in [1.807, 2.05) is 0 Å². The summed E-state index contributed by atoms with van der Waals surface area (Å²) in [4.78, 5) is 13.0. The number of benzene rings is 1. The maximum atomic E-state index is 13.2. The van der Waals surface area contributed by atoms with Gasteiger partial charge in [-0.25, -0.2) is 4.39 Å². The lowest BCUT2D eigenvalue weighted by atomic mass is 10.2. The van der Waals surface area contributed by atoms with Crippen molar-refractivity contribution in [2.75, 3.05) is 13.6 Å². The van der Waals surface area contributed by atoms with Gasteiger partial charge in [0.2, 0.25) is 0 Å². The van der Waals surface area contributed by atoms with Crippen LogP contribution in [0.1, 0.15) is 10.4 Å². The van der Waals surface area contributed by atoms with Crippen LogP contribution >= 0.6 is 15.9 Å². The van der Waals surface area contributed by atoms with Crippen molar-refractivity contribution in [1.82, 2.24) is 4.90 Å². The fraction of sp³-hybridized carbons (Fsp3) is 0.200. The first-order valence-corrected chi connectivity index (χ1v) is 5.42. The number of nitrogens with two attached hydrogens (primary N) is 1. The van der Waals surface area contributed by atoms with Crippen molar-refractivity contribution >= 4 is 27.7 Å². The SMILES string of the molecule is CN(CC(N)=NO)C(=O)c1ccc(Br)c(F)c1. The Morgan fingerprint density at radius 3 is 2.82 bits per heavy atom. The maximum Gasteiger partial charge on any atom is 0.254 e. The van der Waals surface area contributed by atoms with E-state index in [4.69, 9.17) is 10.9 Å². The molecule has 0 atom stereocenters. The molecule has 17 heavy (non-hydrogen) atoms. The first-order chi connectivity index (χ1) is 7.95. The zero-order chi connectivity index (χ0) is 13.0. The van der Waals surface area contributed by atoms with E-state index in [-0.39, 0.29) is 22.4 Å². The number of halogens is 2. The van der Waals surface area contributed by atoms with Crippen LogP contribution in [-0.2, 0) is 0 Å². The number of likely N-dealkylation sites (N-methyl/N-ethyl adjacent to an activating group) is 1. The standard InChI is InChI=1S/C10H11BrFN3O2/c1-15(5-9(13)14-17)10(16)6-2-3-7(11)8(12)4-6/h2-4,17H,5H2,1H3,(H2,13,14). The number of oxime groups is 1. The molecule has 3 N–H and O–H groups in total. The monoisotopic (exact) mass is 303 g/mol. The zero-order valence-corrected chi connectivity index (χ0v) is 10.6. The molecular weight excluding hydrogens is 293 g/mol. The van der Waals surface area contributed by atoms with E-state index in [1.54, 1.807) is 0 Å². The predicted molar refractivity (Wildman–Crippen MR) is 64.5 cm³/mol. The number of hydrogen-bond donors (Lipinski definition) is 2. The second kappa shape index (κ2) is 5.62. The molecule has 5 nitrogen and oxygen atoms in total. The molecule has 1 rings (SSSR count). The molecule has 1 aromatic rings. The van der Waals surface area contributed by atoms with Gasteiger partial charge in [0.25, 0.3) is 5.91 Å². The number of amidine groups is 1. The van der Waals surface area contributed by atoms with E-state index in [2.05, 4.69) is 21.1 Å². The normalized spacial score (nSPS) is 11.4. The molecule has 0 bridgehead atoms. The first kappa shape index (κ1) is 13.4. The molecule has 7 heteroatoms. The minimum Gasteiger partial charge on any atom is -0.409 e. The molecule has 0 aliphatic carbocycles. The Labute approximate surface area is 106 Å². The molecule has 0 unspecified atom stereocenters. The van der Waals surface area contributed by atoms with Gasteiger partial charge in [-0.3, -0.25) is 4.79 Å². The quantitative estimate of drug-likeness (QED) is 0.383. The summed E-state index contributed by atoms with van der Waals surface area (Å²) in [6.07, 6.45) is 0. The average molecular weight is 304 g/mol. The van der Waals surface area contributed by atoms with Crippen LogP contribution in [0.15, 0.2) is 27.8 Å². The number of carbonyl (C=O) groups is 1. The lowest BCUT2D eigenvalue weighted by molar-refractivity contribution is 0.0813. The predicted octanol–water partition coefficient (Wildman–Crippen LogP) is 1.41. The van der Waals surface area contributed by atoms with Crippen LogP contribution in [0, 0.1) is 5.82 Å². The zero-order valence-electron chi connectivity index (χ0n) is 9.02. The minimum atomic E-state index is -0.520. The molecule has 92 valence electrons. The van der Waals surface area contributed by atoms with Gasteiger partial charge in [0.05, 0.1) is 11.0 Å². The number of rotatable bonds is 3. The lowest BCUT2D eigenvalue weighted by Crippen LogP contribution is -2.35. The van der Waals surface area contributed by atoms with Crippen molar-refractivity contribution in [1.29, 1.82) is 0 Å². The molecule has 0 saturated carbocycles. The van der Waals surface area contributed by atoms with Crippen molar-refractivity contribution in [2.24, 2.45) is 10.9 Å². The molecule has 0 spiro atoms. The summed E-state index contributed by atoms with van der Waals surface area (Å²) in [6.45, 7) is -0.0347. The lowest BCUT2D eigenvalue weighted by Gasteiger charge is -2.16. The van der Waals surface area contributed by atoms with Gasteiger partial charge in [-0.05, 0) is 34.1 Å². The fourth-order valence-corrected chi connectivity index (χ4v) is 1.44. The summed E-state index contributed by atoms with van der Waals surface area (Å²) in [5.41, 5.74) is 5.46. The van der Waals surface area contributed by atoms with Gasteiger partial charge in [0.15, 0.2) is 5.84 Å². The third-order valence-corrected chi connectivity index (χ3v) is 2.68. The molecule has 0 heterocycles. The summed E-state index contributed by atoms with van der Waals surface area (Å²) in [7, 11) is 1.47. The van der Waals surface area contributed by atoms with E-state index in [0.29, 0.717) is 0 Å². The third kappa shape index (κ3) is 3.42. The van der Waals surface area contributed by atoms with Crippen molar-refractivity contribution in [3.8, 4) is 0 Å². The van der Waals surface area contributed by atoms with E-state index in [1.165, 1.54) is 24.1 Å². The largest absolute Gasteiger partial charge is 0.409 e. The van der Waals surface area contributed by atoms with Gasteiger partial charge in [0.1, 0.15) is 5.82 Å². The van der Waals surface area contributed by atoms with E-state index >= 15 is 0 Å². The number of carbonyl (C=O) groups excluding carboxylic acids is 1. The smallest absolute Gasteiger partial charge is 0.254 e. The second-order valence-electron chi connectivity index (χ2n) is 3.38. The highest BCUT2D eigenvalue weighted by molar-refractivity contribution is 9.10. The van der Waals surface area contributed by atoms with E-state index < -0.39 is 11.7 Å². The molecule has 0 aliphatic heterocycles. The Hall–Kier alpha value is -1.63. The van der Waals surface area contributed by atoms with Crippen LogP contribution in [0.2, 0.25) is 0 Å². The van der Waals surface area contributed by atoms with Gasteiger partial charge in [0, 0.05) is 12.6 Å². The molecule has 1 aromatic carbocycles. The number of nitrogens with zero attached hydrogens (tertiary/aromatic N) is 2. The average Bonchev–Trinajstić information content (AvgIpc) is 2.31. The Bertz CT molecular complexity index is 465. The van der Waals surface area contributed by atoms with Crippen LogP contribution < -0.4 is 5.73 Å². The minimum absolute atomic E-state index is 0.0347. The van der Waals surface area contributed by atoms with E-state index in [9.17, 15) is 9.18 Å². The highest BCUT2D eigenvalue weighted by atomic mass is 79.9. The summed E-state index contributed by atoms with van der Waals surface area (Å²) in [6, 6.07) is 4.05. The Balaban J connectivity index is 2.85. The molecule has 0 saturated heterocycles. The van der Waals surface area contributed by atoms with Gasteiger partial charge in [-0.1, -0.05) is 5.16 Å². The summed E-state index contributed by atoms with van der Waals surface area (Å²) in [5, 5.41) is 11.1. The summed E-state index contributed by atoms with van der Waals surface area (Å²) >= 11 is 2.99. The highest BCUT2D eigenvalue weighted by Crippen LogP contribution is 2.17. The van der Waals surface area contributed by atoms with Crippen LogP contribution in [0.5, 0.6) is 0 Å². The van der Waals surface area contributed by atoms with Crippen LogP contribution in [-0.4, -0.2) is 35.4 Å². The highest BCUT2D eigenvalue weighted by Gasteiger charge is 2.14. The van der Waals surface area contributed by atoms with Crippen molar-refractivity contribution in [3.63, 3.8) is 0 Å². The van der Waals surface area contributed by atoms with E-state index in [0.717, 1.165) is 6.07 Å². The van der Waals surface area contributed by atoms with Crippen molar-refractivity contribution in [3.05, 3.63) is 34.1 Å². The van der Waals surface area contributed by atoms with Crippen molar-refractivity contribution < 1.29 is 14.4 Å². The van der Waals surface area contributed by atoms with Crippen LogP contribution in [0.25, 0.3) is 0 Å². The Kier molecular flexibility index (Phi) is 4.45. The van der Waals surface area contributed by atoms with Crippen molar-refractivity contribution in [2.45, 2.75) is 0 Å². The molecule has 0 aliphatic rings. The van der Waals surface area contributed by atoms with Gasteiger partial charge >= 0.3 is 0 Å². The fourth-order valence-electron chi connectivity index (χ4n) is 1.20. The molecular formula is C10H11BrFN3O2. The maximum absolute atomic E-state index is 13.2. The molecule has 0 radical (unpaired) electrons. The van der Waals surface area contributed by atoms with Crippen LogP contribution in [0.4, 0.5) is 4.39 Å². The number of amides is 1. The molecule has 1 amide bonds. The molecule has 0 aromatic heterocycles. The van der Waals surface area contributed by atoms with Gasteiger partial charge < -0.3 is 15.8 Å². The van der Waals surface area contributed by atoms with Crippen LogP contribution in [0.3, 0.4) is 0 Å². The third-order valence-electron chi connectivity index (χ3n) is 2.04. The molecule has 0 fully saturated rings. The van der Waals surface area contributed by atoms with Gasteiger partial charge in [-0.2, -0.15) is 0 Å².